The Kier molecular flexibility index (Phi) is 9.80. The van der Waals surface area contributed by atoms with Crippen LogP contribution in [0.15, 0.2) is 46.2 Å². The van der Waals surface area contributed by atoms with E-state index in [1.54, 1.807) is 0 Å². The largest absolute Gasteiger partial charge is 0.480 e. The average Bonchev–Trinajstić information content (AvgIpc) is 2.94. The smallest absolute Gasteiger partial charge is 0.331 e. The van der Waals surface area contributed by atoms with Crippen LogP contribution < -0.4 is 21.8 Å². The van der Waals surface area contributed by atoms with E-state index < -0.39 is 28.9 Å². The zero-order chi connectivity index (χ0) is 28.5. The van der Waals surface area contributed by atoms with Gasteiger partial charge in [-0.15, -0.1) is 0 Å². The summed E-state index contributed by atoms with van der Waals surface area (Å²) in [5, 5.41) is 14.7. The molecule has 0 aliphatic heterocycles. The molecular formula is C27H34N4O8. The van der Waals surface area contributed by atoms with Crippen molar-refractivity contribution >= 4 is 23.8 Å². The van der Waals surface area contributed by atoms with E-state index in [0.29, 0.717) is 31.2 Å². The molecule has 0 aromatic carbocycles. The summed E-state index contributed by atoms with van der Waals surface area (Å²) in [6.45, 7) is 0. The van der Waals surface area contributed by atoms with Crippen LogP contribution in [0.5, 0.6) is 0 Å². The first-order chi connectivity index (χ1) is 18.6. The van der Waals surface area contributed by atoms with Gasteiger partial charge < -0.3 is 30.4 Å². The number of methoxy groups -OCH3 is 1. The Morgan fingerprint density at radius 3 is 1.49 bits per heavy atom. The molecule has 2 aliphatic rings. The van der Waals surface area contributed by atoms with Gasteiger partial charge in [-0.2, -0.15) is 0 Å². The van der Waals surface area contributed by atoms with Gasteiger partial charge in [0.05, 0.1) is 18.2 Å². The van der Waals surface area contributed by atoms with Crippen LogP contribution >= 0.6 is 0 Å². The van der Waals surface area contributed by atoms with Crippen molar-refractivity contribution in [3.8, 4) is 0 Å². The first kappa shape index (κ1) is 29.3. The lowest BCUT2D eigenvalue weighted by molar-refractivity contribution is -0.149. The van der Waals surface area contributed by atoms with Crippen molar-refractivity contribution in [3.05, 3.63) is 68.5 Å². The maximum Gasteiger partial charge on any atom is 0.331 e. The number of aromatic amines is 2. The van der Waals surface area contributed by atoms with Crippen LogP contribution in [0.4, 0.5) is 0 Å². The molecule has 2 amide bonds. The minimum absolute atomic E-state index is 0.255. The molecule has 0 bridgehead atoms. The molecule has 12 heteroatoms. The molecule has 210 valence electrons. The third-order valence-corrected chi connectivity index (χ3v) is 7.20. The Balaban J connectivity index is 0.000000216. The number of hydrogen-bond donors (Lipinski definition) is 5. The van der Waals surface area contributed by atoms with Crippen molar-refractivity contribution in [2.45, 2.75) is 75.3 Å². The fourth-order valence-corrected chi connectivity index (χ4v) is 4.96. The molecule has 0 saturated heterocycles. The molecule has 2 aliphatic carbocycles. The highest BCUT2D eigenvalue weighted by Crippen LogP contribution is 2.30. The van der Waals surface area contributed by atoms with Crippen LogP contribution in [0.3, 0.4) is 0 Å². The summed E-state index contributed by atoms with van der Waals surface area (Å²) < 4.78 is 4.84. The van der Waals surface area contributed by atoms with E-state index in [4.69, 9.17) is 4.74 Å². The van der Waals surface area contributed by atoms with Crippen LogP contribution in [0.2, 0.25) is 0 Å². The standard InChI is InChI=1S/C14H18N2O4.C13H16N2O4/c1-20-13(19)14(7-3-2-4-8-14)16-12(18)10-5-6-11(17)15-9-10;16-10-5-4-9(8-14-10)11(17)15-13(12(18)19)6-2-1-3-7-13/h5-6,9H,2-4,7-8H2,1H3,(H,15,17)(H,16,18);4-5,8H,1-3,6-7H2,(H,14,16)(H,15,17)(H,18,19). The molecule has 0 unspecified atom stereocenters. The molecule has 0 radical (unpaired) electrons. The third kappa shape index (κ3) is 7.43. The van der Waals surface area contributed by atoms with E-state index >= 15 is 0 Å². The van der Waals surface area contributed by atoms with E-state index in [0.717, 1.165) is 38.5 Å². The van der Waals surface area contributed by atoms with Crippen LogP contribution in [0.25, 0.3) is 0 Å². The minimum atomic E-state index is -1.18. The van der Waals surface area contributed by atoms with Crippen LogP contribution in [-0.2, 0) is 14.3 Å². The third-order valence-electron chi connectivity index (χ3n) is 7.20. The number of carbonyl (C=O) groups is 4. The van der Waals surface area contributed by atoms with Gasteiger partial charge in [-0.05, 0) is 37.8 Å². The van der Waals surface area contributed by atoms with Crippen molar-refractivity contribution in [2.75, 3.05) is 7.11 Å². The van der Waals surface area contributed by atoms with Crippen molar-refractivity contribution in [3.63, 3.8) is 0 Å². The SMILES string of the molecule is COC(=O)C1(NC(=O)c2ccc(=O)[nH]c2)CCCCC1.O=C(NC1(C(=O)O)CCCCC1)c1ccc(=O)[nH]c1. The van der Waals surface area contributed by atoms with Gasteiger partial charge >= 0.3 is 11.9 Å². The lowest BCUT2D eigenvalue weighted by atomic mass is 9.81. The molecule has 4 rings (SSSR count). The molecule has 2 saturated carbocycles. The van der Waals surface area contributed by atoms with Gasteiger partial charge in [0.1, 0.15) is 11.1 Å². The molecule has 5 N–H and O–H groups in total. The summed E-state index contributed by atoms with van der Waals surface area (Å²) in [6.07, 6.45) is 10.0. The van der Waals surface area contributed by atoms with Crippen molar-refractivity contribution in [1.29, 1.82) is 0 Å². The molecule has 12 nitrogen and oxygen atoms in total. The highest BCUT2D eigenvalue weighted by atomic mass is 16.5. The maximum absolute atomic E-state index is 12.2. The van der Waals surface area contributed by atoms with E-state index in [-0.39, 0.29) is 22.6 Å². The topological polar surface area (TPSA) is 188 Å². The van der Waals surface area contributed by atoms with Gasteiger partial charge in [-0.25, -0.2) is 9.59 Å². The van der Waals surface area contributed by atoms with Gasteiger partial charge in [-0.1, -0.05) is 38.5 Å². The molecule has 0 atom stereocenters. The average molecular weight is 543 g/mol. The summed E-state index contributed by atoms with van der Waals surface area (Å²) in [4.78, 5) is 74.4. The van der Waals surface area contributed by atoms with Crippen molar-refractivity contribution < 1.29 is 29.0 Å². The van der Waals surface area contributed by atoms with Crippen molar-refractivity contribution in [2.24, 2.45) is 0 Å². The number of carboxylic acids is 1. The number of rotatable bonds is 6. The Hall–Kier alpha value is -4.22. The lowest BCUT2D eigenvalue weighted by Crippen LogP contribution is -2.56. The number of hydrogen-bond acceptors (Lipinski definition) is 7. The van der Waals surface area contributed by atoms with Gasteiger partial charge in [0.25, 0.3) is 11.8 Å². The number of ether oxygens (including phenoxy) is 1. The fourth-order valence-electron chi connectivity index (χ4n) is 4.96. The molecule has 39 heavy (non-hydrogen) atoms. The number of aliphatic carboxylic acids is 1. The maximum atomic E-state index is 12.2. The summed E-state index contributed by atoms with van der Waals surface area (Å²) in [5.41, 5.74) is -2.13. The van der Waals surface area contributed by atoms with E-state index in [9.17, 15) is 33.9 Å². The van der Waals surface area contributed by atoms with Gasteiger partial charge in [0, 0.05) is 24.5 Å². The highest BCUT2D eigenvalue weighted by Gasteiger charge is 2.42. The quantitative estimate of drug-likeness (QED) is 0.342. The lowest BCUT2D eigenvalue weighted by Gasteiger charge is -2.35. The molecule has 2 fully saturated rings. The number of pyridine rings is 2. The second-order valence-electron chi connectivity index (χ2n) is 9.87. The summed E-state index contributed by atoms with van der Waals surface area (Å²) in [5.74, 6) is -2.26. The fraction of sp³-hybridized carbons (Fsp3) is 0.481. The first-order valence-corrected chi connectivity index (χ1v) is 13.0. The number of amides is 2. The number of carbonyl (C=O) groups excluding carboxylic acids is 3. The normalized spacial score (nSPS) is 17.5. The van der Waals surface area contributed by atoms with Crippen LogP contribution in [0.1, 0.15) is 84.9 Å². The number of nitrogens with one attached hydrogen (secondary N) is 4. The number of H-pyrrole nitrogens is 2. The predicted molar refractivity (Wildman–Crippen MR) is 140 cm³/mol. The van der Waals surface area contributed by atoms with E-state index in [2.05, 4.69) is 20.6 Å². The number of aromatic nitrogens is 2. The second kappa shape index (κ2) is 13.0. The first-order valence-electron chi connectivity index (χ1n) is 13.0. The zero-order valence-electron chi connectivity index (χ0n) is 21.8. The number of esters is 1. The second-order valence-corrected chi connectivity index (χ2v) is 9.87. The summed E-state index contributed by atoms with van der Waals surface area (Å²) >= 11 is 0. The predicted octanol–water partition coefficient (Wildman–Crippen LogP) is 1.87. The Labute approximate surface area is 224 Å². The zero-order valence-corrected chi connectivity index (χ0v) is 21.8. The van der Waals surface area contributed by atoms with Crippen molar-refractivity contribution in [1.82, 2.24) is 20.6 Å². The monoisotopic (exact) mass is 542 g/mol. The Bertz CT molecular complexity index is 1260. The summed E-state index contributed by atoms with van der Waals surface area (Å²) in [7, 11) is 1.32. The van der Waals surface area contributed by atoms with Crippen LogP contribution in [-0.4, -0.2) is 57.0 Å². The molecule has 2 aromatic rings. The van der Waals surface area contributed by atoms with E-state index in [1.807, 2.05) is 0 Å². The van der Waals surface area contributed by atoms with Gasteiger partial charge in [0.15, 0.2) is 0 Å². The Morgan fingerprint density at radius 2 is 1.13 bits per heavy atom. The van der Waals surface area contributed by atoms with Gasteiger partial charge in [-0.3, -0.25) is 19.2 Å². The molecule has 2 aromatic heterocycles. The molecule has 2 heterocycles. The molecular weight excluding hydrogens is 508 g/mol. The minimum Gasteiger partial charge on any atom is -0.480 e. The molecule has 0 spiro atoms. The summed E-state index contributed by atoms with van der Waals surface area (Å²) in [6, 6.07) is 5.33. The van der Waals surface area contributed by atoms with E-state index in [1.165, 1.54) is 43.8 Å². The number of carboxylic acid groups (broad SMARTS) is 1. The Morgan fingerprint density at radius 1 is 0.718 bits per heavy atom. The van der Waals surface area contributed by atoms with Crippen LogP contribution in [0, 0.1) is 0 Å². The van der Waals surface area contributed by atoms with Gasteiger partial charge in [0.2, 0.25) is 11.1 Å². The highest BCUT2D eigenvalue weighted by molar-refractivity contribution is 5.98.